The predicted molar refractivity (Wildman–Crippen MR) is 166 cm³/mol. The molecule has 0 nitrogen and oxygen atoms in total. The fourth-order valence-electron chi connectivity index (χ4n) is 7.56. The minimum absolute atomic E-state index is 0.0182. The number of fused-ring (bicyclic) bond motifs is 10. The van der Waals surface area contributed by atoms with Crippen molar-refractivity contribution in [2.24, 2.45) is 0 Å². The monoisotopic (exact) mass is 494 g/mol. The van der Waals surface area contributed by atoms with Gasteiger partial charge >= 0.3 is 0 Å². The summed E-state index contributed by atoms with van der Waals surface area (Å²) in [5, 5.41) is 8.03. The molecule has 7 aromatic rings. The van der Waals surface area contributed by atoms with E-state index in [0.717, 1.165) is 0 Å². The molecule has 0 atom stereocenters. The smallest absolute Gasteiger partial charge is 0.0159 e. The van der Waals surface area contributed by atoms with E-state index in [2.05, 4.69) is 135 Å². The van der Waals surface area contributed by atoms with Gasteiger partial charge < -0.3 is 0 Å². The summed E-state index contributed by atoms with van der Waals surface area (Å²) in [6, 6.07) is 45.6. The molecule has 9 rings (SSSR count). The summed E-state index contributed by atoms with van der Waals surface area (Å²) in [5.74, 6) is 0. The summed E-state index contributed by atoms with van der Waals surface area (Å²) < 4.78 is 0. The van der Waals surface area contributed by atoms with Gasteiger partial charge in [-0.3, -0.25) is 0 Å². The second kappa shape index (κ2) is 7.24. The van der Waals surface area contributed by atoms with Gasteiger partial charge in [-0.2, -0.15) is 0 Å². The predicted octanol–water partition coefficient (Wildman–Crippen LogP) is 10.8. The summed E-state index contributed by atoms with van der Waals surface area (Å²) in [5.41, 5.74) is 13.6. The van der Waals surface area contributed by atoms with Crippen LogP contribution in [0.1, 0.15) is 25.0 Å². The fourth-order valence-corrected chi connectivity index (χ4v) is 7.56. The summed E-state index contributed by atoms with van der Waals surface area (Å²) in [7, 11) is 0. The molecule has 0 saturated carbocycles. The van der Waals surface area contributed by atoms with Gasteiger partial charge in [-0.15, -0.1) is 0 Å². The highest BCUT2D eigenvalue weighted by molar-refractivity contribution is 6.28. The van der Waals surface area contributed by atoms with Crippen molar-refractivity contribution in [1.29, 1.82) is 0 Å². The molecule has 2 aliphatic rings. The zero-order valence-electron chi connectivity index (χ0n) is 22.0. The lowest BCUT2D eigenvalue weighted by Crippen LogP contribution is -2.14. The molecule has 0 heterocycles. The molecule has 0 bridgehead atoms. The molecule has 7 aromatic carbocycles. The van der Waals surface area contributed by atoms with E-state index in [1.165, 1.54) is 88.0 Å². The van der Waals surface area contributed by atoms with Gasteiger partial charge in [-0.1, -0.05) is 117 Å². The lowest BCUT2D eigenvalue weighted by molar-refractivity contribution is 0.660. The van der Waals surface area contributed by atoms with Crippen molar-refractivity contribution in [2.45, 2.75) is 19.3 Å². The summed E-state index contributed by atoms with van der Waals surface area (Å²) in [6.07, 6.45) is 0. The van der Waals surface area contributed by atoms with Gasteiger partial charge in [0.15, 0.2) is 0 Å². The van der Waals surface area contributed by atoms with Crippen molar-refractivity contribution < 1.29 is 0 Å². The summed E-state index contributed by atoms with van der Waals surface area (Å²) in [6.45, 7) is 4.73. The number of hydrogen-bond donors (Lipinski definition) is 0. The van der Waals surface area contributed by atoms with Crippen LogP contribution in [0.5, 0.6) is 0 Å². The molecule has 0 aliphatic heterocycles. The first-order chi connectivity index (χ1) is 19.1. The normalized spacial score (nSPS) is 14.1. The number of benzene rings is 7. The zero-order valence-corrected chi connectivity index (χ0v) is 22.0. The van der Waals surface area contributed by atoms with Crippen LogP contribution in [0.15, 0.2) is 121 Å². The van der Waals surface area contributed by atoms with E-state index < -0.39 is 0 Å². The van der Waals surface area contributed by atoms with Crippen molar-refractivity contribution in [3.8, 4) is 44.5 Å². The highest BCUT2D eigenvalue weighted by Crippen LogP contribution is 2.52. The van der Waals surface area contributed by atoms with Gasteiger partial charge in [0.2, 0.25) is 0 Å². The van der Waals surface area contributed by atoms with E-state index in [9.17, 15) is 0 Å². The lowest BCUT2D eigenvalue weighted by Gasteiger charge is -2.22. The first-order valence-electron chi connectivity index (χ1n) is 13.9. The third-order valence-electron chi connectivity index (χ3n) is 9.40. The van der Waals surface area contributed by atoms with Gasteiger partial charge in [0.05, 0.1) is 0 Å². The van der Waals surface area contributed by atoms with Crippen LogP contribution >= 0.6 is 0 Å². The lowest BCUT2D eigenvalue weighted by atomic mass is 9.81. The topological polar surface area (TPSA) is 0 Å². The van der Waals surface area contributed by atoms with Crippen LogP contribution < -0.4 is 0 Å². The van der Waals surface area contributed by atoms with Gasteiger partial charge in [0, 0.05) is 5.41 Å². The molecule has 182 valence electrons. The summed E-state index contributed by atoms with van der Waals surface area (Å²) in [4.78, 5) is 0. The van der Waals surface area contributed by atoms with Crippen molar-refractivity contribution in [3.63, 3.8) is 0 Å². The molecular weight excluding hydrogens is 468 g/mol. The van der Waals surface area contributed by atoms with Crippen LogP contribution in [0.4, 0.5) is 0 Å². The number of hydrogen-bond acceptors (Lipinski definition) is 0. The first-order valence-corrected chi connectivity index (χ1v) is 13.9. The van der Waals surface area contributed by atoms with E-state index in [4.69, 9.17) is 0 Å². The molecule has 0 heteroatoms. The second-order valence-corrected chi connectivity index (χ2v) is 11.7. The molecule has 0 fully saturated rings. The Hall–Kier alpha value is -4.68. The molecule has 0 spiro atoms. The van der Waals surface area contributed by atoms with Crippen molar-refractivity contribution in [3.05, 3.63) is 132 Å². The molecule has 0 N–H and O–H groups in total. The molecule has 0 unspecified atom stereocenters. The van der Waals surface area contributed by atoms with Gasteiger partial charge in [0.25, 0.3) is 0 Å². The quantitative estimate of drug-likeness (QED) is 0.199. The van der Waals surface area contributed by atoms with E-state index in [-0.39, 0.29) is 5.41 Å². The van der Waals surface area contributed by atoms with Crippen LogP contribution in [0.2, 0.25) is 0 Å². The van der Waals surface area contributed by atoms with Crippen LogP contribution in [-0.4, -0.2) is 0 Å². The van der Waals surface area contributed by atoms with E-state index in [0.29, 0.717) is 0 Å². The highest BCUT2D eigenvalue weighted by Gasteiger charge is 2.35. The molecule has 0 aromatic heterocycles. The molecule has 0 saturated heterocycles. The largest absolute Gasteiger partial charge is 0.0619 e. The third-order valence-corrected chi connectivity index (χ3v) is 9.40. The van der Waals surface area contributed by atoms with Crippen molar-refractivity contribution in [2.75, 3.05) is 0 Å². The highest BCUT2D eigenvalue weighted by atomic mass is 14.4. The standard InChI is InChI=1S/C39H26/c1-39(2)36-17-8-7-14-28(36)29-19-18-23(20-37(29)39)32-21-34-31-16-9-15-30-24-10-3-6-13-27(24)35(38(30)31)22-33(34)26-12-5-4-11-25(26)32/h3-22H,1-2H3. The molecule has 0 radical (unpaired) electrons. The van der Waals surface area contributed by atoms with Gasteiger partial charge in [-0.25, -0.2) is 0 Å². The Bertz CT molecular complexity index is 2190. The maximum atomic E-state index is 2.46. The Balaban J connectivity index is 1.38. The van der Waals surface area contributed by atoms with Crippen molar-refractivity contribution >= 4 is 32.3 Å². The van der Waals surface area contributed by atoms with Gasteiger partial charge in [0.1, 0.15) is 0 Å². The summed E-state index contributed by atoms with van der Waals surface area (Å²) >= 11 is 0. The molecular formula is C39H26. The van der Waals surface area contributed by atoms with Crippen LogP contribution in [0.3, 0.4) is 0 Å². The maximum Gasteiger partial charge on any atom is 0.0159 e. The first kappa shape index (κ1) is 21.3. The molecule has 2 aliphatic carbocycles. The Morgan fingerprint density at radius 2 is 0.949 bits per heavy atom. The average molecular weight is 495 g/mol. The Kier molecular flexibility index (Phi) is 3.95. The third kappa shape index (κ3) is 2.64. The average Bonchev–Trinajstić information content (AvgIpc) is 3.43. The zero-order chi connectivity index (χ0) is 25.9. The van der Waals surface area contributed by atoms with E-state index >= 15 is 0 Å². The molecule has 39 heavy (non-hydrogen) atoms. The Morgan fingerprint density at radius 3 is 1.79 bits per heavy atom. The Morgan fingerprint density at radius 1 is 0.359 bits per heavy atom. The minimum atomic E-state index is -0.0182. The van der Waals surface area contributed by atoms with E-state index in [1.54, 1.807) is 0 Å². The number of rotatable bonds is 1. The minimum Gasteiger partial charge on any atom is -0.0619 e. The molecule has 0 amide bonds. The van der Waals surface area contributed by atoms with Crippen LogP contribution in [0, 0.1) is 0 Å². The van der Waals surface area contributed by atoms with E-state index in [1.807, 2.05) is 0 Å². The second-order valence-electron chi connectivity index (χ2n) is 11.7. The van der Waals surface area contributed by atoms with Crippen LogP contribution in [0.25, 0.3) is 76.8 Å². The van der Waals surface area contributed by atoms with Crippen molar-refractivity contribution in [1.82, 2.24) is 0 Å². The van der Waals surface area contributed by atoms with Gasteiger partial charge in [-0.05, 0) is 106 Å². The fraction of sp³-hybridized carbons (Fsp3) is 0.0769. The maximum absolute atomic E-state index is 2.46. The van der Waals surface area contributed by atoms with Crippen LogP contribution in [-0.2, 0) is 5.41 Å². The SMILES string of the molecule is CC1(C)c2ccccc2-c2ccc(-c3cc4c5cccc6c5c(cc4c4ccccc34)-c3ccccc3-6)cc21. The Labute approximate surface area is 228 Å².